The summed E-state index contributed by atoms with van der Waals surface area (Å²) in [6.45, 7) is 0.378. The second-order valence-electron chi connectivity index (χ2n) is 5.99. The van der Waals surface area contributed by atoms with Gasteiger partial charge in [0.05, 0.1) is 30.7 Å². The van der Waals surface area contributed by atoms with E-state index in [1.54, 1.807) is 17.1 Å². The first kappa shape index (κ1) is 14.6. The number of carbonyl (C=O) groups is 1. The van der Waals surface area contributed by atoms with E-state index in [4.69, 9.17) is 5.11 Å². The highest BCUT2D eigenvalue weighted by Gasteiger charge is 2.20. The molecule has 0 amide bonds. The van der Waals surface area contributed by atoms with Gasteiger partial charge in [-0.15, -0.1) is 5.10 Å². The van der Waals surface area contributed by atoms with Crippen molar-refractivity contribution in [3.8, 4) is 11.3 Å². The Morgan fingerprint density at radius 1 is 1.29 bits per heavy atom. The minimum absolute atomic E-state index is 0.174. The number of rotatable bonds is 6. The maximum Gasteiger partial charge on any atom is 0.325 e. The van der Waals surface area contributed by atoms with E-state index in [1.165, 1.54) is 23.9 Å². The topological polar surface area (TPSA) is 104 Å². The molecule has 0 saturated heterocycles. The number of nitrogens with zero attached hydrogens (tertiary/aromatic N) is 7. The Morgan fingerprint density at radius 3 is 2.92 bits per heavy atom. The summed E-state index contributed by atoms with van der Waals surface area (Å²) in [4.78, 5) is 10.7. The van der Waals surface area contributed by atoms with Crippen molar-refractivity contribution in [3.63, 3.8) is 0 Å². The summed E-state index contributed by atoms with van der Waals surface area (Å²) < 4.78 is 5.11. The van der Waals surface area contributed by atoms with Gasteiger partial charge in [0, 0.05) is 18.0 Å². The smallest absolute Gasteiger partial charge is 0.325 e. The Bertz CT molecular complexity index is 859. The molecule has 124 valence electrons. The zero-order valence-corrected chi connectivity index (χ0v) is 13.0. The fourth-order valence-corrected chi connectivity index (χ4v) is 2.71. The van der Waals surface area contributed by atoms with E-state index in [2.05, 4.69) is 20.5 Å². The van der Waals surface area contributed by atoms with Crippen LogP contribution in [0.15, 0.2) is 30.9 Å². The van der Waals surface area contributed by atoms with E-state index in [-0.39, 0.29) is 6.54 Å². The maximum atomic E-state index is 10.7. The van der Waals surface area contributed by atoms with Gasteiger partial charge in [0.1, 0.15) is 12.2 Å². The van der Waals surface area contributed by atoms with Crippen LogP contribution in [0.25, 0.3) is 11.3 Å². The van der Waals surface area contributed by atoms with Crippen LogP contribution in [0.4, 0.5) is 0 Å². The van der Waals surface area contributed by atoms with Crippen LogP contribution in [0.3, 0.4) is 0 Å². The van der Waals surface area contributed by atoms with E-state index in [9.17, 15) is 4.79 Å². The summed E-state index contributed by atoms with van der Waals surface area (Å²) in [6.07, 6.45) is 10.7. The minimum atomic E-state index is -0.935. The van der Waals surface area contributed by atoms with Crippen molar-refractivity contribution in [2.75, 3.05) is 0 Å². The number of aromatic nitrogens is 7. The van der Waals surface area contributed by atoms with Gasteiger partial charge in [0.15, 0.2) is 0 Å². The molecular formula is C15H17N7O2. The molecule has 0 aromatic carbocycles. The van der Waals surface area contributed by atoms with Crippen molar-refractivity contribution < 1.29 is 9.90 Å². The normalized spacial score (nSPS) is 14.7. The lowest BCUT2D eigenvalue weighted by molar-refractivity contribution is -0.137. The second kappa shape index (κ2) is 5.91. The van der Waals surface area contributed by atoms with Gasteiger partial charge in [-0.2, -0.15) is 10.2 Å². The average molecular weight is 327 g/mol. The van der Waals surface area contributed by atoms with Crippen LogP contribution in [-0.2, 0) is 17.9 Å². The first-order valence-corrected chi connectivity index (χ1v) is 7.86. The quantitative estimate of drug-likeness (QED) is 0.729. The third-order valence-corrected chi connectivity index (χ3v) is 4.20. The predicted molar refractivity (Wildman–Crippen MR) is 83.1 cm³/mol. The van der Waals surface area contributed by atoms with Crippen molar-refractivity contribution in [2.45, 2.75) is 38.4 Å². The summed E-state index contributed by atoms with van der Waals surface area (Å²) in [5.74, 6) is -0.935. The van der Waals surface area contributed by atoms with E-state index in [1.807, 2.05) is 23.1 Å². The summed E-state index contributed by atoms with van der Waals surface area (Å²) in [7, 11) is 0. The van der Waals surface area contributed by atoms with Crippen LogP contribution in [0.5, 0.6) is 0 Å². The molecule has 3 aromatic heterocycles. The van der Waals surface area contributed by atoms with E-state index in [0.29, 0.717) is 18.3 Å². The Morgan fingerprint density at radius 2 is 2.17 bits per heavy atom. The summed E-state index contributed by atoms with van der Waals surface area (Å²) in [5.41, 5.74) is 2.34. The highest BCUT2D eigenvalue weighted by Crippen LogP contribution is 2.30. The molecule has 1 N–H and O–H groups in total. The van der Waals surface area contributed by atoms with Crippen molar-refractivity contribution in [1.29, 1.82) is 0 Å². The number of carboxylic acids is 1. The van der Waals surface area contributed by atoms with E-state index >= 15 is 0 Å². The van der Waals surface area contributed by atoms with Crippen molar-refractivity contribution in [3.05, 3.63) is 36.5 Å². The summed E-state index contributed by atoms with van der Waals surface area (Å²) in [6, 6.07) is 2.55. The Hall–Kier alpha value is -2.97. The lowest BCUT2D eigenvalue weighted by atomic mass is 9.93. The molecule has 9 nitrogen and oxygen atoms in total. The van der Waals surface area contributed by atoms with Crippen LogP contribution in [0, 0.1) is 0 Å². The van der Waals surface area contributed by atoms with Crippen molar-refractivity contribution in [2.24, 2.45) is 0 Å². The van der Waals surface area contributed by atoms with Gasteiger partial charge < -0.3 is 5.11 Å². The Labute approximate surface area is 137 Å². The van der Waals surface area contributed by atoms with Crippen LogP contribution < -0.4 is 0 Å². The fourth-order valence-electron chi connectivity index (χ4n) is 2.71. The van der Waals surface area contributed by atoms with E-state index < -0.39 is 5.97 Å². The van der Waals surface area contributed by atoms with Gasteiger partial charge in [-0.3, -0.25) is 14.2 Å². The van der Waals surface area contributed by atoms with Crippen molar-refractivity contribution in [1.82, 2.24) is 34.6 Å². The van der Waals surface area contributed by atoms with Gasteiger partial charge >= 0.3 is 5.97 Å². The van der Waals surface area contributed by atoms with Gasteiger partial charge in [0.25, 0.3) is 0 Å². The van der Waals surface area contributed by atoms with Gasteiger partial charge in [-0.05, 0) is 25.3 Å². The number of carboxylic acid groups (broad SMARTS) is 1. The number of hydrogen-bond acceptors (Lipinski definition) is 5. The molecule has 9 heteroatoms. The Kier molecular flexibility index (Phi) is 3.60. The zero-order chi connectivity index (χ0) is 16.5. The summed E-state index contributed by atoms with van der Waals surface area (Å²) >= 11 is 0. The molecule has 4 rings (SSSR count). The first-order chi connectivity index (χ1) is 11.7. The molecule has 1 aliphatic carbocycles. The number of hydrogen-bond donors (Lipinski definition) is 1. The third kappa shape index (κ3) is 2.92. The molecule has 0 aliphatic heterocycles. The molecular weight excluding hydrogens is 310 g/mol. The maximum absolute atomic E-state index is 10.7. The zero-order valence-electron chi connectivity index (χ0n) is 13.0. The molecule has 0 radical (unpaired) electrons. The van der Waals surface area contributed by atoms with Gasteiger partial charge in [-0.1, -0.05) is 5.21 Å². The molecule has 3 heterocycles. The molecule has 1 fully saturated rings. The van der Waals surface area contributed by atoms with Gasteiger partial charge in [0.2, 0.25) is 0 Å². The average Bonchev–Trinajstić information content (AvgIpc) is 3.18. The van der Waals surface area contributed by atoms with Crippen molar-refractivity contribution >= 4 is 5.97 Å². The largest absolute Gasteiger partial charge is 0.480 e. The van der Waals surface area contributed by atoms with Crippen LogP contribution in [0.1, 0.15) is 31.0 Å². The van der Waals surface area contributed by atoms with Gasteiger partial charge in [-0.25, -0.2) is 4.68 Å². The second-order valence-corrected chi connectivity index (χ2v) is 5.99. The lowest BCUT2D eigenvalue weighted by Gasteiger charge is -2.25. The molecule has 0 unspecified atom stereocenters. The monoisotopic (exact) mass is 327 g/mol. The standard InChI is InChI=1S/C15H17N7O2/c23-15(24)10-20-7-11(6-16-20)14-9-21(19-17-14)8-12-4-5-22(18-12)13-2-1-3-13/h4-7,9,13H,1-3,8,10H2,(H,23,24). The number of aliphatic carboxylic acids is 1. The molecule has 0 spiro atoms. The molecule has 24 heavy (non-hydrogen) atoms. The SMILES string of the molecule is O=C(O)Cn1cc(-c2cn(Cc3ccn(C4CCC4)n3)nn2)cn1. The van der Waals surface area contributed by atoms with Crippen LogP contribution in [0.2, 0.25) is 0 Å². The first-order valence-electron chi connectivity index (χ1n) is 7.86. The van der Waals surface area contributed by atoms with Crippen LogP contribution >= 0.6 is 0 Å². The molecule has 0 atom stereocenters. The molecule has 1 aliphatic rings. The molecule has 1 saturated carbocycles. The third-order valence-electron chi connectivity index (χ3n) is 4.20. The fraction of sp³-hybridized carbons (Fsp3) is 0.400. The lowest BCUT2D eigenvalue weighted by Crippen LogP contribution is -2.17. The molecule has 3 aromatic rings. The predicted octanol–water partition coefficient (Wildman–Crippen LogP) is 1.20. The molecule has 0 bridgehead atoms. The van der Waals surface area contributed by atoms with Crippen LogP contribution in [-0.4, -0.2) is 45.6 Å². The highest BCUT2D eigenvalue weighted by molar-refractivity contribution is 5.66. The summed E-state index contributed by atoms with van der Waals surface area (Å²) in [5, 5.41) is 25.6. The Balaban J connectivity index is 1.45. The minimum Gasteiger partial charge on any atom is -0.480 e. The van der Waals surface area contributed by atoms with E-state index in [0.717, 1.165) is 11.3 Å². The highest BCUT2D eigenvalue weighted by atomic mass is 16.4.